The van der Waals surface area contributed by atoms with Crippen molar-refractivity contribution in [1.82, 2.24) is 0 Å². The lowest BCUT2D eigenvalue weighted by atomic mass is 9.90. The molecule has 0 fully saturated rings. The Labute approximate surface area is 132 Å². The summed E-state index contributed by atoms with van der Waals surface area (Å²) in [7, 11) is 1.46. The number of halogens is 1. The summed E-state index contributed by atoms with van der Waals surface area (Å²) in [5.41, 5.74) is 1.97. The molecule has 1 atom stereocenters. The minimum absolute atomic E-state index is 0.0871. The van der Waals surface area contributed by atoms with Gasteiger partial charge in [-0.05, 0) is 25.0 Å². The van der Waals surface area contributed by atoms with Crippen LogP contribution < -0.4 is 5.01 Å². The number of anilines is 1. The predicted octanol–water partition coefficient (Wildman–Crippen LogP) is 3.20. The zero-order chi connectivity index (χ0) is 15.6. The van der Waals surface area contributed by atoms with Crippen molar-refractivity contribution in [2.45, 2.75) is 25.1 Å². The van der Waals surface area contributed by atoms with E-state index in [1.54, 1.807) is 6.92 Å². The Kier molecular flexibility index (Phi) is 4.46. The number of rotatable bonds is 4. The summed E-state index contributed by atoms with van der Waals surface area (Å²) >= 11 is 3.55. The Hall–Kier alpha value is -1.69. The summed E-state index contributed by atoms with van der Waals surface area (Å²) in [6, 6.07) is 9.34. The van der Waals surface area contributed by atoms with Crippen LogP contribution in [0.4, 0.5) is 5.69 Å². The van der Waals surface area contributed by atoms with Crippen molar-refractivity contribution in [3.8, 4) is 0 Å². The molecule has 1 aliphatic rings. The van der Waals surface area contributed by atoms with Crippen LogP contribution in [-0.4, -0.2) is 28.8 Å². The fourth-order valence-electron chi connectivity index (χ4n) is 2.27. The topological polar surface area (TPSA) is 54.3 Å². The predicted molar refractivity (Wildman–Crippen MR) is 88.0 cm³/mol. The number of benzene rings is 1. The van der Waals surface area contributed by atoms with Gasteiger partial charge in [0, 0.05) is 0 Å². The van der Waals surface area contributed by atoms with Gasteiger partial charge in [-0.15, -0.1) is 0 Å². The Bertz CT molecular complexity index is 598. The smallest absolute Gasteiger partial charge is 0.276 e. The molecule has 0 saturated heterocycles. The third-order valence-corrected chi connectivity index (χ3v) is 4.64. The maximum Gasteiger partial charge on any atom is 0.276 e. The van der Waals surface area contributed by atoms with Gasteiger partial charge in [0.25, 0.3) is 5.91 Å². The second-order valence-electron chi connectivity index (χ2n) is 5.11. The summed E-state index contributed by atoms with van der Waals surface area (Å²) in [4.78, 5) is 17.7. The highest BCUT2D eigenvalue weighted by Crippen LogP contribution is 2.36. The molecule has 0 saturated carbocycles. The van der Waals surface area contributed by atoms with E-state index in [0.29, 0.717) is 5.71 Å². The van der Waals surface area contributed by atoms with Crippen molar-refractivity contribution in [2.24, 2.45) is 16.2 Å². The van der Waals surface area contributed by atoms with Crippen molar-refractivity contribution >= 4 is 38.9 Å². The van der Waals surface area contributed by atoms with Crippen molar-refractivity contribution in [2.75, 3.05) is 12.1 Å². The van der Waals surface area contributed by atoms with Gasteiger partial charge in [0.2, 0.25) is 0 Å². The molecule has 0 spiro atoms. The minimum atomic E-state index is -1.05. The molecule has 112 valence electrons. The molecule has 1 unspecified atom stereocenters. The number of hydrogen-bond donors (Lipinski definition) is 0. The van der Waals surface area contributed by atoms with E-state index in [2.05, 4.69) is 26.2 Å². The lowest BCUT2D eigenvalue weighted by Crippen LogP contribution is -2.48. The largest absolute Gasteiger partial charge is 0.399 e. The van der Waals surface area contributed by atoms with Crippen molar-refractivity contribution < 1.29 is 9.63 Å². The van der Waals surface area contributed by atoms with E-state index in [9.17, 15) is 4.79 Å². The molecule has 0 aromatic heterocycles. The number of para-hydroxylation sites is 1. The Morgan fingerprint density at radius 2 is 2.00 bits per heavy atom. The van der Waals surface area contributed by atoms with Gasteiger partial charge in [0.05, 0.1) is 17.1 Å². The van der Waals surface area contributed by atoms with E-state index in [-0.39, 0.29) is 11.8 Å². The molecule has 2 rings (SSSR count). The van der Waals surface area contributed by atoms with Crippen LogP contribution in [0.25, 0.3) is 0 Å². The fourth-order valence-corrected chi connectivity index (χ4v) is 3.05. The van der Waals surface area contributed by atoms with Crippen LogP contribution in [-0.2, 0) is 9.63 Å². The molecule has 21 heavy (non-hydrogen) atoms. The number of hydrogen-bond acceptors (Lipinski definition) is 4. The molecular formula is C15H18BrN3O2. The molecule has 6 heteroatoms. The second-order valence-corrected chi connectivity index (χ2v) is 6.30. The number of carbonyl (C=O) groups excluding carboxylic acids is 1. The van der Waals surface area contributed by atoms with Crippen LogP contribution in [0.3, 0.4) is 0 Å². The summed E-state index contributed by atoms with van der Waals surface area (Å²) in [5, 5.41) is 9.86. The first-order chi connectivity index (χ1) is 9.92. The van der Waals surface area contributed by atoms with Gasteiger partial charge < -0.3 is 4.84 Å². The highest BCUT2D eigenvalue weighted by atomic mass is 79.9. The molecule has 0 bridgehead atoms. The molecule has 0 radical (unpaired) electrons. The molecule has 1 aromatic rings. The van der Waals surface area contributed by atoms with E-state index in [1.807, 2.05) is 44.2 Å². The van der Waals surface area contributed by atoms with Gasteiger partial charge in [-0.25, -0.2) is 0 Å². The first kappa shape index (κ1) is 15.7. The zero-order valence-electron chi connectivity index (χ0n) is 12.5. The molecule has 0 N–H and O–H groups in total. The molecule has 1 aromatic carbocycles. The van der Waals surface area contributed by atoms with Crippen LogP contribution in [0.15, 0.2) is 40.6 Å². The SMILES string of the molecule is CON=C(C)C1(Br)C(=O)N(c2ccccc2)N=C1C(C)C. The van der Waals surface area contributed by atoms with Crippen LogP contribution in [0.5, 0.6) is 0 Å². The molecule has 1 aliphatic heterocycles. The average Bonchev–Trinajstić information content (AvgIpc) is 2.74. The summed E-state index contributed by atoms with van der Waals surface area (Å²) in [6.07, 6.45) is 0. The minimum Gasteiger partial charge on any atom is -0.399 e. The van der Waals surface area contributed by atoms with Crippen molar-refractivity contribution in [3.63, 3.8) is 0 Å². The Morgan fingerprint density at radius 1 is 1.38 bits per heavy atom. The van der Waals surface area contributed by atoms with Gasteiger partial charge in [0.15, 0.2) is 4.32 Å². The maximum atomic E-state index is 12.9. The Morgan fingerprint density at radius 3 is 2.52 bits per heavy atom. The second kappa shape index (κ2) is 5.97. The van der Waals surface area contributed by atoms with Crippen LogP contribution in [0, 0.1) is 5.92 Å². The van der Waals surface area contributed by atoms with E-state index in [4.69, 9.17) is 4.84 Å². The van der Waals surface area contributed by atoms with Crippen LogP contribution in [0.2, 0.25) is 0 Å². The zero-order valence-corrected chi connectivity index (χ0v) is 14.1. The van der Waals surface area contributed by atoms with Gasteiger partial charge >= 0.3 is 0 Å². The molecule has 0 aliphatic carbocycles. The molecule has 1 amide bonds. The summed E-state index contributed by atoms with van der Waals surface area (Å²) in [6.45, 7) is 5.75. The third-order valence-electron chi connectivity index (χ3n) is 3.32. The molecule has 5 nitrogen and oxygen atoms in total. The van der Waals surface area contributed by atoms with E-state index in [0.717, 1.165) is 11.4 Å². The van der Waals surface area contributed by atoms with E-state index >= 15 is 0 Å². The van der Waals surface area contributed by atoms with Crippen molar-refractivity contribution in [1.29, 1.82) is 0 Å². The lowest BCUT2D eigenvalue weighted by Gasteiger charge is -2.23. The highest BCUT2D eigenvalue weighted by molar-refractivity contribution is 9.11. The first-order valence-electron chi connectivity index (χ1n) is 6.68. The molecular weight excluding hydrogens is 334 g/mol. The quantitative estimate of drug-likeness (QED) is 0.475. The van der Waals surface area contributed by atoms with Gasteiger partial charge in [0.1, 0.15) is 7.11 Å². The van der Waals surface area contributed by atoms with E-state index in [1.165, 1.54) is 12.1 Å². The fraction of sp³-hybridized carbons (Fsp3) is 0.400. The number of oxime groups is 1. The molecule has 1 heterocycles. The number of hydrazone groups is 1. The normalized spacial score (nSPS) is 22.8. The van der Waals surface area contributed by atoms with Gasteiger partial charge in [-0.2, -0.15) is 10.1 Å². The monoisotopic (exact) mass is 351 g/mol. The number of alkyl halides is 1. The van der Waals surface area contributed by atoms with Crippen LogP contribution >= 0.6 is 15.9 Å². The number of amides is 1. The average molecular weight is 352 g/mol. The first-order valence-corrected chi connectivity index (χ1v) is 7.48. The maximum absolute atomic E-state index is 12.9. The lowest BCUT2D eigenvalue weighted by molar-refractivity contribution is -0.117. The van der Waals surface area contributed by atoms with Crippen LogP contribution in [0.1, 0.15) is 20.8 Å². The third kappa shape index (κ3) is 2.60. The van der Waals surface area contributed by atoms with E-state index < -0.39 is 4.32 Å². The van der Waals surface area contributed by atoms with Gasteiger partial charge in [-0.3, -0.25) is 4.79 Å². The summed E-state index contributed by atoms with van der Waals surface area (Å²) < 4.78 is -1.05. The number of carbonyl (C=O) groups is 1. The summed E-state index contributed by atoms with van der Waals surface area (Å²) in [5.74, 6) is -0.0975. The Balaban J connectivity index is 2.52. The van der Waals surface area contributed by atoms with Crippen molar-refractivity contribution in [3.05, 3.63) is 30.3 Å². The number of nitrogens with zero attached hydrogens (tertiary/aromatic N) is 3. The standard InChI is InChI=1S/C15H18BrN3O2/c1-10(2)13-15(16,11(3)18-21-4)14(20)19(17-13)12-8-6-5-7-9-12/h5-10H,1-4H3. The highest BCUT2D eigenvalue weighted by Gasteiger charge is 2.53. The van der Waals surface area contributed by atoms with Gasteiger partial charge in [-0.1, -0.05) is 53.1 Å².